The summed E-state index contributed by atoms with van der Waals surface area (Å²) in [6.45, 7) is 1.90. The second-order valence-corrected chi connectivity index (χ2v) is 8.26. The minimum atomic E-state index is -3.66. The van der Waals surface area contributed by atoms with Crippen LogP contribution in [0.1, 0.15) is 22.8 Å². The molecular formula is C17H16ClNO3S2. The van der Waals surface area contributed by atoms with Gasteiger partial charge in [0.05, 0.1) is 17.1 Å². The molecule has 0 bridgehead atoms. The minimum absolute atomic E-state index is 0.180. The van der Waals surface area contributed by atoms with Gasteiger partial charge in [-0.15, -0.1) is 0 Å². The van der Waals surface area contributed by atoms with Crippen LogP contribution in [0.4, 0.5) is 0 Å². The van der Waals surface area contributed by atoms with Gasteiger partial charge in [0, 0.05) is 11.6 Å². The van der Waals surface area contributed by atoms with Crippen LogP contribution in [0.2, 0.25) is 5.02 Å². The molecule has 2 heterocycles. The highest BCUT2D eigenvalue weighted by molar-refractivity contribution is 7.89. The molecule has 1 aromatic carbocycles. The lowest BCUT2D eigenvalue weighted by Gasteiger charge is -2.16. The lowest BCUT2D eigenvalue weighted by Crippen LogP contribution is -2.29. The predicted molar refractivity (Wildman–Crippen MR) is 96.2 cm³/mol. The van der Waals surface area contributed by atoms with Crippen molar-refractivity contribution in [3.8, 4) is 0 Å². The summed E-state index contributed by atoms with van der Waals surface area (Å²) in [5.41, 5.74) is 1.55. The van der Waals surface area contributed by atoms with Gasteiger partial charge in [-0.05, 0) is 59.1 Å². The van der Waals surface area contributed by atoms with E-state index in [1.54, 1.807) is 48.8 Å². The number of sulfonamides is 1. The lowest BCUT2D eigenvalue weighted by molar-refractivity contribution is 0.481. The van der Waals surface area contributed by atoms with Gasteiger partial charge < -0.3 is 4.42 Å². The summed E-state index contributed by atoms with van der Waals surface area (Å²) in [6.07, 6.45) is 1.59. The highest BCUT2D eigenvalue weighted by atomic mass is 35.5. The van der Waals surface area contributed by atoms with Crippen molar-refractivity contribution in [3.05, 3.63) is 75.3 Å². The second kappa shape index (κ2) is 7.11. The van der Waals surface area contributed by atoms with Gasteiger partial charge in [0.25, 0.3) is 0 Å². The summed E-state index contributed by atoms with van der Waals surface area (Å²) < 4.78 is 33.5. The Balaban J connectivity index is 1.86. The Bertz CT molecular complexity index is 869. The maximum Gasteiger partial charge on any atom is 0.240 e. The van der Waals surface area contributed by atoms with E-state index in [1.807, 2.05) is 22.9 Å². The van der Waals surface area contributed by atoms with Crippen LogP contribution in [0, 0.1) is 6.92 Å². The third-order valence-electron chi connectivity index (χ3n) is 3.82. The molecule has 0 saturated carbocycles. The van der Waals surface area contributed by atoms with Gasteiger partial charge in [0.2, 0.25) is 10.0 Å². The Kier molecular flexibility index (Phi) is 5.10. The quantitative estimate of drug-likeness (QED) is 0.687. The fraction of sp³-hybridized carbons (Fsp3) is 0.176. The van der Waals surface area contributed by atoms with Crippen LogP contribution in [0.3, 0.4) is 0 Å². The molecule has 3 rings (SSSR count). The third kappa shape index (κ3) is 3.57. The highest BCUT2D eigenvalue weighted by Crippen LogP contribution is 2.28. The first-order chi connectivity index (χ1) is 11.5. The number of rotatable bonds is 6. The van der Waals surface area contributed by atoms with Crippen molar-refractivity contribution in [2.75, 3.05) is 6.54 Å². The van der Waals surface area contributed by atoms with Crippen LogP contribution in [-0.2, 0) is 10.0 Å². The molecule has 24 heavy (non-hydrogen) atoms. The monoisotopic (exact) mass is 381 g/mol. The first-order valence-corrected chi connectivity index (χ1v) is 10.1. The van der Waals surface area contributed by atoms with Gasteiger partial charge in [-0.3, -0.25) is 0 Å². The molecule has 0 saturated heterocycles. The fourth-order valence-corrected chi connectivity index (χ4v) is 4.75. The zero-order valence-corrected chi connectivity index (χ0v) is 15.3. The van der Waals surface area contributed by atoms with E-state index < -0.39 is 10.0 Å². The third-order valence-corrected chi connectivity index (χ3v) is 6.50. The van der Waals surface area contributed by atoms with E-state index in [4.69, 9.17) is 16.0 Å². The van der Waals surface area contributed by atoms with Crippen molar-refractivity contribution in [1.29, 1.82) is 0 Å². The number of nitrogens with one attached hydrogen (secondary N) is 1. The Morgan fingerprint density at radius 3 is 2.75 bits per heavy atom. The van der Waals surface area contributed by atoms with E-state index >= 15 is 0 Å². The maximum absolute atomic E-state index is 12.7. The molecule has 3 aromatic rings. The summed E-state index contributed by atoms with van der Waals surface area (Å²) in [5, 5.41) is 4.38. The normalized spacial score (nSPS) is 13.1. The largest absolute Gasteiger partial charge is 0.469 e. The van der Waals surface area contributed by atoms with E-state index in [1.165, 1.54) is 0 Å². The summed E-state index contributed by atoms with van der Waals surface area (Å²) in [4.78, 5) is 0.193. The molecule has 7 heteroatoms. The van der Waals surface area contributed by atoms with Crippen LogP contribution in [0.5, 0.6) is 0 Å². The molecule has 0 fully saturated rings. The Labute approximate surface area is 150 Å². The Morgan fingerprint density at radius 2 is 2.08 bits per heavy atom. The molecule has 0 spiro atoms. The summed E-state index contributed by atoms with van der Waals surface area (Å²) in [5.74, 6) is 0.541. The molecule has 1 unspecified atom stereocenters. The maximum atomic E-state index is 12.7. The average Bonchev–Trinajstić information content (AvgIpc) is 3.24. The lowest BCUT2D eigenvalue weighted by atomic mass is 10.00. The molecule has 0 amide bonds. The van der Waals surface area contributed by atoms with Crippen molar-refractivity contribution in [1.82, 2.24) is 4.72 Å². The minimum Gasteiger partial charge on any atom is -0.469 e. The predicted octanol–water partition coefficient (Wildman–Crippen LogP) is 4.41. The number of hydrogen-bond donors (Lipinski definition) is 1. The summed E-state index contributed by atoms with van der Waals surface area (Å²) >= 11 is 7.60. The molecule has 1 N–H and O–H groups in total. The SMILES string of the molecule is Cc1c(Cl)cccc1S(=O)(=O)NCC(c1ccsc1)c1ccco1. The van der Waals surface area contributed by atoms with Crippen LogP contribution in [0.25, 0.3) is 0 Å². The van der Waals surface area contributed by atoms with Crippen LogP contribution in [-0.4, -0.2) is 15.0 Å². The smallest absolute Gasteiger partial charge is 0.240 e. The molecule has 4 nitrogen and oxygen atoms in total. The van der Waals surface area contributed by atoms with Gasteiger partial charge >= 0.3 is 0 Å². The Morgan fingerprint density at radius 1 is 1.25 bits per heavy atom. The topological polar surface area (TPSA) is 59.3 Å². The molecular weight excluding hydrogens is 366 g/mol. The van der Waals surface area contributed by atoms with E-state index in [9.17, 15) is 8.42 Å². The van der Waals surface area contributed by atoms with Crippen molar-refractivity contribution in [2.45, 2.75) is 17.7 Å². The van der Waals surface area contributed by atoms with Gasteiger partial charge in [-0.1, -0.05) is 17.7 Å². The molecule has 126 valence electrons. The van der Waals surface area contributed by atoms with Gasteiger partial charge in [0.1, 0.15) is 5.76 Å². The van der Waals surface area contributed by atoms with Gasteiger partial charge in [-0.25, -0.2) is 13.1 Å². The molecule has 2 aromatic heterocycles. The number of benzene rings is 1. The first kappa shape index (κ1) is 17.2. The van der Waals surface area contributed by atoms with E-state index in [2.05, 4.69) is 4.72 Å². The van der Waals surface area contributed by atoms with Crippen molar-refractivity contribution >= 4 is 33.0 Å². The number of furan rings is 1. The molecule has 0 aliphatic carbocycles. The van der Waals surface area contributed by atoms with Crippen LogP contribution >= 0.6 is 22.9 Å². The number of halogens is 1. The second-order valence-electron chi connectivity index (χ2n) is 5.34. The van der Waals surface area contributed by atoms with Crippen molar-refractivity contribution in [2.24, 2.45) is 0 Å². The van der Waals surface area contributed by atoms with E-state index in [-0.39, 0.29) is 17.4 Å². The molecule has 0 aliphatic rings. The molecule has 0 aliphatic heterocycles. The average molecular weight is 382 g/mol. The summed E-state index contributed by atoms with van der Waals surface area (Å²) in [7, 11) is -3.66. The van der Waals surface area contributed by atoms with Gasteiger partial charge in [0.15, 0.2) is 0 Å². The van der Waals surface area contributed by atoms with E-state index in [0.717, 1.165) is 11.3 Å². The van der Waals surface area contributed by atoms with Crippen LogP contribution < -0.4 is 4.72 Å². The number of hydrogen-bond acceptors (Lipinski definition) is 4. The van der Waals surface area contributed by atoms with Crippen LogP contribution in [0.15, 0.2) is 62.7 Å². The number of thiophene rings is 1. The first-order valence-electron chi connectivity index (χ1n) is 7.29. The zero-order valence-electron chi connectivity index (χ0n) is 12.9. The standard InChI is InChI=1S/C17H16ClNO3S2/c1-12-15(18)4-2-6-17(12)24(20,21)19-10-14(13-7-9-23-11-13)16-5-3-8-22-16/h2-9,11,14,19H,10H2,1H3. The van der Waals surface area contributed by atoms with Crippen molar-refractivity contribution in [3.63, 3.8) is 0 Å². The summed E-state index contributed by atoms with van der Waals surface area (Å²) in [6, 6.07) is 10.5. The van der Waals surface area contributed by atoms with E-state index in [0.29, 0.717) is 10.6 Å². The molecule has 0 radical (unpaired) electrons. The zero-order chi connectivity index (χ0) is 17.2. The fourth-order valence-electron chi connectivity index (χ4n) is 2.50. The Hall–Kier alpha value is -1.60. The van der Waals surface area contributed by atoms with Crippen molar-refractivity contribution < 1.29 is 12.8 Å². The molecule has 1 atom stereocenters. The van der Waals surface area contributed by atoms with Gasteiger partial charge in [-0.2, -0.15) is 11.3 Å². The highest BCUT2D eigenvalue weighted by Gasteiger charge is 2.23.